The van der Waals surface area contributed by atoms with Gasteiger partial charge < -0.3 is 9.13 Å². The molecule has 2 aromatic heterocycles. The summed E-state index contributed by atoms with van der Waals surface area (Å²) in [5.41, 5.74) is 16.1. The van der Waals surface area contributed by atoms with Crippen molar-refractivity contribution >= 4 is 43.6 Å². The Bertz CT molecular complexity index is 4150. The van der Waals surface area contributed by atoms with Gasteiger partial charge in [0.1, 0.15) is 11.6 Å². The van der Waals surface area contributed by atoms with Crippen LogP contribution in [0, 0.1) is 68.0 Å². The third-order valence-corrected chi connectivity index (χ3v) is 13.9. The highest BCUT2D eigenvalue weighted by molar-refractivity contribution is 6.14. The molecule has 12 aromatic rings. The minimum atomic E-state index is 0.383. The van der Waals surface area contributed by atoms with Gasteiger partial charge in [0.05, 0.1) is 91.6 Å². The summed E-state index contributed by atoms with van der Waals surface area (Å²) in [6.45, 7) is 0. The average Bonchev–Trinajstić information content (AvgIpc) is 3.98. The zero-order valence-corrected chi connectivity index (χ0v) is 39.2. The Balaban J connectivity index is 1.19. The Morgan fingerprint density at radius 3 is 0.892 bits per heavy atom. The molecule has 0 N–H and O–H groups in total. The lowest BCUT2D eigenvalue weighted by Crippen LogP contribution is -2.05. The van der Waals surface area contributed by atoms with E-state index in [1.54, 1.807) is 30.3 Å². The lowest BCUT2D eigenvalue weighted by atomic mass is 9.96. The van der Waals surface area contributed by atoms with Crippen LogP contribution in [0.25, 0.3) is 111 Å². The molecule has 0 atom stereocenters. The minimum absolute atomic E-state index is 0.383. The molecule has 12 rings (SSSR count). The molecule has 0 bridgehead atoms. The highest BCUT2D eigenvalue weighted by atomic mass is 15.0. The number of rotatable bonds is 7. The van der Waals surface area contributed by atoms with E-state index < -0.39 is 0 Å². The smallest absolute Gasteiger partial charge is 0.104 e. The van der Waals surface area contributed by atoms with E-state index in [1.807, 2.05) is 127 Å². The first-order chi connectivity index (χ1) is 36.4. The van der Waals surface area contributed by atoms with Crippen molar-refractivity contribution in [3.63, 3.8) is 0 Å². The van der Waals surface area contributed by atoms with Gasteiger partial charge in [-0.15, -0.1) is 0 Å². The Kier molecular flexibility index (Phi) is 10.7. The van der Waals surface area contributed by atoms with Crippen molar-refractivity contribution in [3.05, 3.63) is 240 Å². The Labute approximate surface area is 425 Å². The number of fused-ring (bicyclic) bond motifs is 6. The van der Waals surface area contributed by atoms with E-state index in [1.165, 1.54) is 0 Å². The topological polar surface area (TPSA) is 153 Å². The molecule has 0 aliphatic heterocycles. The van der Waals surface area contributed by atoms with E-state index in [0.29, 0.717) is 50.3 Å². The van der Waals surface area contributed by atoms with Gasteiger partial charge in [0.15, 0.2) is 0 Å². The third kappa shape index (κ3) is 7.35. The highest BCUT2D eigenvalue weighted by Gasteiger charge is 2.25. The van der Waals surface area contributed by atoms with Crippen LogP contribution in [0.2, 0.25) is 0 Å². The van der Waals surface area contributed by atoms with E-state index in [2.05, 4.69) is 94.1 Å². The fraction of sp³-hybridized carbons (Fsp3) is 0. The van der Waals surface area contributed by atoms with Gasteiger partial charge in [-0.25, -0.2) is 0 Å². The minimum Gasteiger partial charge on any atom is -0.308 e. The van der Waals surface area contributed by atoms with Gasteiger partial charge in [0.25, 0.3) is 0 Å². The molecule has 0 fully saturated rings. The summed E-state index contributed by atoms with van der Waals surface area (Å²) in [5.74, 6) is 0. The Morgan fingerprint density at radius 2 is 0.581 bits per heavy atom. The summed E-state index contributed by atoms with van der Waals surface area (Å²) in [4.78, 5) is 0. The van der Waals surface area contributed by atoms with Crippen molar-refractivity contribution in [1.29, 1.82) is 31.6 Å². The summed E-state index contributed by atoms with van der Waals surface area (Å²) >= 11 is 0. The molecule has 0 aliphatic carbocycles. The van der Waals surface area contributed by atoms with E-state index >= 15 is 0 Å². The van der Waals surface area contributed by atoms with Gasteiger partial charge in [0, 0.05) is 21.5 Å². The molecular weight excluding hydrogens is 905 g/mol. The van der Waals surface area contributed by atoms with Crippen LogP contribution >= 0.6 is 0 Å². The summed E-state index contributed by atoms with van der Waals surface area (Å²) in [5, 5.41) is 65.3. The van der Waals surface area contributed by atoms with Gasteiger partial charge in [-0.2, -0.15) is 31.6 Å². The van der Waals surface area contributed by atoms with Crippen molar-refractivity contribution in [2.24, 2.45) is 0 Å². The van der Waals surface area contributed by atoms with Crippen molar-refractivity contribution in [1.82, 2.24) is 9.13 Å². The molecular formula is C66H34N8. The predicted octanol–water partition coefficient (Wildman–Crippen LogP) is 15.4. The van der Waals surface area contributed by atoms with Crippen LogP contribution in [0.3, 0.4) is 0 Å². The van der Waals surface area contributed by atoms with Gasteiger partial charge in [0.2, 0.25) is 0 Å². The number of benzene rings is 10. The van der Waals surface area contributed by atoms with Crippen LogP contribution in [0.5, 0.6) is 0 Å². The van der Waals surface area contributed by atoms with Crippen molar-refractivity contribution < 1.29 is 0 Å². The van der Waals surface area contributed by atoms with E-state index in [4.69, 9.17) is 0 Å². The van der Waals surface area contributed by atoms with Crippen LogP contribution in [-0.2, 0) is 0 Å². The number of hydrogen-bond donors (Lipinski definition) is 0. The first-order valence-electron chi connectivity index (χ1n) is 23.7. The second-order valence-corrected chi connectivity index (χ2v) is 18.0. The molecule has 0 spiro atoms. The van der Waals surface area contributed by atoms with Crippen molar-refractivity contribution in [3.8, 4) is 103 Å². The van der Waals surface area contributed by atoms with Crippen LogP contribution in [-0.4, -0.2) is 9.13 Å². The van der Waals surface area contributed by atoms with Crippen LogP contribution in [0.1, 0.15) is 33.4 Å². The summed E-state index contributed by atoms with van der Waals surface area (Å²) in [6.07, 6.45) is 0. The summed E-state index contributed by atoms with van der Waals surface area (Å²) < 4.78 is 4.26. The van der Waals surface area contributed by atoms with Gasteiger partial charge >= 0.3 is 0 Å². The van der Waals surface area contributed by atoms with Gasteiger partial charge in [-0.05, 0) is 171 Å². The SMILES string of the molecule is N#Cc1cccc(-c2ccc3c(c2)c2cc(-c4cccc(C#N)c4)ccc2n3-c2cc(-c3ccccc3C#N)cc(-n3c4ccc(-c5cccc(C#N)c5)cc4c4cc(-c5cccc(C#N)c5)ccc43)c2C#N)c1. The molecule has 0 radical (unpaired) electrons. The quantitative estimate of drug-likeness (QED) is 0.155. The molecule has 0 aliphatic rings. The molecule has 74 heavy (non-hydrogen) atoms. The maximum Gasteiger partial charge on any atom is 0.104 e. The molecule has 0 saturated carbocycles. The monoisotopic (exact) mass is 938 g/mol. The molecule has 10 aromatic carbocycles. The third-order valence-electron chi connectivity index (χ3n) is 13.9. The second-order valence-electron chi connectivity index (χ2n) is 18.0. The molecule has 0 amide bonds. The zero-order valence-electron chi connectivity index (χ0n) is 39.2. The van der Waals surface area contributed by atoms with E-state index in [9.17, 15) is 31.6 Å². The summed E-state index contributed by atoms with van der Waals surface area (Å²) in [6, 6.07) is 80.6. The maximum atomic E-state index is 11.8. The summed E-state index contributed by atoms with van der Waals surface area (Å²) in [7, 11) is 0. The largest absolute Gasteiger partial charge is 0.308 e. The van der Waals surface area contributed by atoms with Crippen LogP contribution < -0.4 is 0 Å². The number of nitrogens with zero attached hydrogens (tertiary/aromatic N) is 8. The first kappa shape index (κ1) is 44.0. The number of nitriles is 6. The Morgan fingerprint density at radius 1 is 0.257 bits per heavy atom. The molecule has 8 nitrogen and oxygen atoms in total. The van der Waals surface area contributed by atoms with Gasteiger partial charge in [-0.1, -0.05) is 91.0 Å². The van der Waals surface area contributed by atoms with Crippen molar-refractivity contribution in [2.45, 2.75) is 0 Å². The van der Waals surface area contributed by atoms with E-state index in [-0.39, 0.29) is 0 Å². The maximum absolute atomic E-state index is 11.8. The highest BCUT2D eigenvalue weighted by Crippen LogP contribution is 2.44. The molecule has 8 heteroatoms. The average molecular weight is 939 g/mol. The molecule has 0 unspecified atom stereocenters. The first-order valence-corrected chi connectivity index (χ1v) is 23.7. The van der Waals surface area contributed by atoms with Crippen LogP contribution in [0.4, 0.5) is 0 Å². The van der Waals surface area contributed by atoms with Crippen LogP contribution in [0.15, 0.2) is 206 Å². The van der Waals surface area contributed by atoms with E-state index in [0.717, 1.165) is 93.7 Å². The number of aromatic nitrogens is 2. The van der Waals surface area contributed by atoms with Gasteiger partial charge in [-0.3, -0.25) is 0 Å². The number of hydrogen-bond acceptors (Lipinski definition) is 6. The molecule has 0 saturated heterocycles. The second kappa shape index (κ2) is 17.9. The molecule has 2 heterocycles. The fourth-order valence-electron chi connectivity index (χ4n) is 10.4. The Hall–Kier alpha value is -11.3. The normalized spacial score (nSPS) is 10.9. The fourth-order valence-corrected chi connectivity index (χ4v) is 10.4. The predicted molar refractivity (Wildman–Crippen MR) is 291 cm³/mol. The lowest BCUT2D eigenvalue weighted by molar-refractivity contribution is 1.12. The molecule has 338 valence electrons. The van der Waals surface area contributed by atoms with Crippen molar-refractivity contribution in [2.75, 3.05) is 0 Å². The lowest BCUT2D eigenvalue weighted by Gasteiger charge is -2.19. The zero-order chi connectivity index (χ0) is 50.5. The standard InChI is InChI=1S/C66H34N8/c67-35-41-7-3-12-45(25-41)49-17-21-61-56(29-49)57-30-50(46-13-4-8-42(26-46)36-68)18-22-62(57)73(61)65-33-54(55-16-2-1-11-53(55)39-71)34-66(60(65)40-72)74-63-23-19-51(47-14-5-9-43(27-47)37-69)31-58(63)59-32-52(20-24-64(59)74)48-15-6-10-44(28-48)38-70/h1-34H.